The number of ether oxygens (including phenoxy) is 1. The van der Waals surface area contributed by atoms with E-state index in [0.29, 0.717) is 51.2 Å². The minimum absolute atomic E-state index is 0.0625. The highest BCUT2D eigenvalue weighted by Crippen LogP contribution is 2.37. The number of phenols is 1. The Morgan fingerprint density at radius 1 is 1.34 bits per heavy atom. The molecular weight excluding hydrogens is 428 g/mol. The Balaban J connectivity index is 1.99. The lowest BCUT2D eigenvalue weighted by atomic mass is 10.1. The molecule has 0 saturated carbocycles. The van der Waals surface area contributed by atoms with Gasteiger partial charge in [-0.3, -0.25) is 9.69 Å². The lowest BCUT2D eigenvalue weighted by molar-refractivity contribution is -0.121. The lowest BCUT2D eigenvalue weighted by Gasteiger charge is -2.11. The molecule has 2 aromatic carbocycles. The van der Waals surface area contributed by atoms with Gasteiger partial charge in [-0.1, -0.05) is 12.1 Å². The van der Waals surface area contributed by atoms with Gasteiger partial charge in [-0.05, 0) is 73.5 Å². The monoisotopic (exact) mass is 452 g/mol. The van der Waals surface area contributed by atoms with Crippen molar-refractivity contribution in [3.63, 3.8) is 0 Å². The smallest absolute Gasteiger partial charge is 0.336 e. The van der Waals surface area contributed by atoms with Gasteiger partial charge in [0.1, 0.15) is 0 Å². The third-order valence-electron chi connectivity index (χ3n) is 4.89. The van der Waals surface area contributed by atoms with Crippen LogP contribution in [0.15, 0.2) is 52.9 Å². The third kappa shape index (κ3) is 4.70. The van der Waals surface area contributed by atoms with Crippen LogP contribution >= 0.6 is 11.8 Å². The quantitative estimate of drug-likeness (QED) is 0.464. The third-order valence-corrected chi connectivity index (χ3v) is 5.95. The predicted molar refractivity (Wildman–Crippen MR) is 127 cm³/mol. The number of amidine groups is 1. The summed E-state index contributed by atoms with van der Waals surface area (Å²) in [6.45, 7) is 7.62. The fourth-order valence-corrected chi connectivity index (χ4v) is 4.21. The topological polar surface area (TPSA) is 99.4 Å². The van der Waals surface area contributed by atoms with Gasteiger partial charge in [0.2, 0.25) is 0 Å². The van der Waals surface area contributed by atoms with Gasteiger partial charge < -0.3 is 14.9 Å². The van der Waals surface area contributed by atoms with Crippen molar-refractivity contribution < 1.29 is 24.5 Å². The van der Waals surface area contributed by atoms with Crippen molar-refractivity contribution in [2.24, 2.45) is 4.99 Å². The molecular formula is C24H24N2O5S. The minimum atomic E-state index is -1.03. The van der Waals surface area contributed by atoms with Gasteiger partial charge in [-0.25, -0.2) is 9.79 Å². The van der Waals surface area contributed by atoms with E-state index >= 15 is 0 Å². The molecule has 1 aliphatic rings. The van der Waals surface area contributed by atoms with Crippen LogP contribution in [-0.4, -0.2) is 45.8 Å². The zero-order chi connectivity index (χ0) is 23.4. The van der Waals surface area contributed by atoms with Crippen molar-refractivity contribution in [1.82, 2.24) is 4.90 Å². The molecule has 3 rings (SSSR count). The van der Waals surface area contributed by atoms with Crippen molar-refractivity contribution in [1.29, 1.82) is 0 Å². The first kappa shape index (κ1) is 23.1. The summed E-state index contributed by atoms with van der Waals surface area (Å²) < 4.78 is 5.53. The second-order valence-electron chi connectivity index (χ2n) is 7.08. The Bertz CT molecular complexity index is 1150. The van der Waals surface area contributed by atoms with Gasteiger partial charge in [0.25, 0.3) is 5.91 Å². The number of allylic oxidation sites excluding steroid dienone is 1. The number of carbonyl (C=O) groups is 2. The highest BCUT2D eigenvalue weighted by molar-refractivity contribution is 8.18. The summed E-state index contributed by atoms with van der Waals surface area (Å²) in [5.74, 6) is -0.844. The number of carboxylic acids is 1. The van der Waals surface area contributed by atoms with Crippen LogP contribution in [0.4, 0.5) is 5.69 Å². The molecule has 1 amide bonds. The maximum absolute atomic E-state index is 12.8. The summed E-state index contributed by atoms with van der Waals surface area (Å²) in [5, 5.41) is 20.2. The number of hydrogen-bond donors (Lipinski definition) is 2. The molecule has 2 aromatic rings. The van der Waals surface area contributed by atoms with E-state index in [4.69, 9.17) is 4.74 Å². The number of rotatable bonds is 7. The number of amides is 1. The zero-order valence-electron chi connectivity index (χ0n) is 18.1. The predicted octanol–water partition coefficient (Wildman–Crippen LogP) is 4.76. The second kappa shape index (κ2) is 9.74. The van der Waals surface area contributed by atoms with E-state index < -0.39 is 5.97 Å². The molecule has 166 valence electrons. The molecule has 1 aliphatic heterocycles. The molecule has 8 heteroatoms. The molecule has 0 bridgehead atoms. The minimum Gasteiger partial charge on any atom is -0.504 e. The number of aromatic carboxylic acids is 1. The fourth-order valence-electron chi connectivity index (χ4n) is 3.23. The van der Waals surface area contributed by atoms with E-state index in [1.807, 2.05) is 6.92 Å². The van der Waals surface area contributed by atoms with Gasteiger partial charge in [-0.2, -0.15) is 0 Å². The number of hydrogen-bond acceptors (Lipinski definition) is 6. The largest absolute Gasteiger partial charge is 0.504 e. The van der Waals surface area contributed by atoms with Crippen molar-refractivity contribution in [3.8, 4) is 11.5 Å². The number of nitrogens with zero attached hydrogens (tertiary/aromatic N) is 2. The van der Waals surface area contributed by atoms with E-state index in [2.05, 4.69) is 11.6 Å². The van der Waals surface area contributed by atoms with Gasteiger partial charge >= 0.3 is 5.97 Å². The molecule has 0 aliphatic carbocycles. The van der Waals surface area contributed by atoms with Gasteiger partial charge in [-0.15, -0.1) is 6.58 Å². The highest BCUT2D eigenvalue weighted by Gasteiger charge is 2.30. The van der Waals surface area contributed by atoms with Crippen LogP contribution in [0.5, 0.6) is 11.5 Å². The SMILES string of the molecule is C=CCc1cc(/C=C2\SC(=Nc3cccc(C(=O)O)c3C)N(C)C2=O)cc(OCC)c1O. The van der Waals surface area contributed by atoms with E-state index in [1.54, 1.807) is 50.4 Å². The molecule has 7 nitrogen and oxygen atoms in total. The van der Waals surface area contributed by atoms with Crippen LogP contribution in [0.25, 0.3) is 6.08 Å². The van der Waals surface area contributed by atoms with Crippen LogP contribution in [0.1, 0.15) is 34.0 Å². The van der Waals surface area contributed by atoms with Crippen LogP contribution in [0.2, 0.25) is 0 Å². The van der Waals surface area contributed by atoms with Crippen LogP contribution in [0, 0.1) is 6.92 Å². The van der Waals surface area contributed by atoms with Crippen molar-refractivity contribution in [2.75, 3.05) is 13.7 Å². The number of carbonyl (C=O) groups excluding carboxylic acids is 1. The van der Waals surface area contributed by atoms with E-state index in [-0.39, 0.29) is 17.2 Å². The summed E-state index contributed by atoms with van der Waals surface area (Å²) in [4.78, 5) is 30.6. The summed E-state index contributed by atoms with van der Waals surface area (Å²) in [7, 11) is 1.62. The number of carboxylic acid groups (broad SMARTS) is 1. The number of thioether (sulfide) groups is 1. The summed E-state index contributed by atoms with van der Waals surface area (Å²) in [6, 6.07) is 8.33. The first-order valence-electron chi connectivity index (χ1n) is 9.95. The fraction of sp³-hybridized carbons (Fsp3) is 0.208. The number of benzene rings is 2. The first-order valence-corrected chi connectivity index (χ1v) is 10.8. The molecule has 1 saturated heterocycles. The van der Waals surface area contributed by atoms with Gasteiger partial charge in [0.05, 0.1) is 22.8 Å². The first-order chi connectivity index (χ1) is 15.3. The van der Waals surface area contributed by atoms with E-state index in [0.717, 1.165) is 0 Å². The molecule has 1 fully saturated rings. The molecule has 0 atom stereocenters. The highest BCUT2D eigenvalue weighted by atomic mass is 32.2. The van der Waals surface area contributed by atoms with Crippen LogP contribution < -0.4 is 4.74 Å². The van der Waals surface area contributed by atoms with Crippen molar-refractivity contribution in [3.05, 3.63) is 70.1 Å². The van der Waals surface area contributed by atoms with Gasteiger partial charge in [0.15, 0.2) is 16.7 Å². The number of likely N-dealkylation sites (N-methyl/N-ethyl adjacent to an activating group) is 1. The second-order valence-corrected chi connectivity index (χ2v) is 8.09. The Hall–Kier alpha value is -3.52. The van der Waals surface area contributed by atoms with E-state index in [1.165, 1.54) is 22.7 Å². The number of aliphatic imine (C=N–C) groups is 1. The van der Waals surface area contributed by atoms with Crippen LogP contribution in [0.3, 0.4) is 0 Å². The number of aromatic hydroxyl groups is 1. The molecule has 32 heavy (non-hydrogen) atoms. The summed E-state index contributed by atoms with van der Waals surface area (Å²) in [6.07, 6.45) is 3.86. The Morgan fingerprint density at radius 3 is 2.75 bits per heavy atom. The Morgan fingerprint density at radius 2 is 2.09 bits per heavy atom. The standard InChI is InChI=1S/C24H24N2O5S/c1-5-8-16-11-15(12-19(21(16)27)31-6-2)13-20-22(28)26(4)24(32-20)25-18-10-7-9-17(14(18)3)23(29)30/h5,7,9-13,27H,1,6,8H2,2-4H3,(H,29,30)/b20-13-,25-24?. The molecule has 2 N–H and O–H groups in total. The average Bonchev–Trinajstić information content (AvgIpc) is 3.00. The molecule has 0 aromatic heterocycles. The molecule has 0 unspecified atom stereocenters. The maximum Gasteiger partial charge on any atom is 0.336 e. The van der Waals surface area contributed by atoms with E-state index in [9.17, 15) is 19.8 Å². The average molecular weight is 453 g/mol. The summed E-state index contributed by atoms with van der Waals surface area (Å²) in [5.41, 5.74) is 2.54. The molecule has 1 heterocycles. The summed E-state index contributed by atoms with van der Waals surface area (Å²) >= 11 is 1.20. The normalized spacial score (nSPS) is 16.1. The molecule has 0 spiro atoms. The maximum atomic E-state index is 12.8. The lowest BCUT2D eigenvalue weighted by Crippen LogP contribution is -2.23. The van der Waals surface area contributed by atoms with Crippen molar-refractivity contribution >= 4 is 40.6 Å². The van der Waals surface area contributed by atoms with Crippen LogP contribution in [-0.2, 0) is 11.2 Å². The van der Waals surface area contributed by atoms with Crippen molar-refractivity contribution in [2.45, 2.75) is 20.3 Å². The van der Waals surface area contributed by atoms with Gasteiger partial charge in [0, 0.05) is 12.6 Å². The zero-order valence-corrected chi connectivity index (χ0v) is 18.9. The molecule has 0 radical (unpaired) electrons. The Labute approximate surface area is 190 Å². The Kier molecular flexibility index (Phi) is 7.05. The number of phenolic OH excluding ortho intramolecular Hbond substituents is 1.